The molecule has 0 radical (unpaired) electrons. The first-order chi connectivity index (χ1) is 7.70. The zero-order chi connectivity index (χ0) is 11.5. The van der Waals surface area contributed by atoms with Gasteiger partial charge in [-0.3, -0.25) is 0 Å². The van der Waals surface area contributed by atoms with Crippen molar-refractivity contribution in [1.82, 2.24) is 0 Å². The van der Waals surface area contributed by atoms with Crippen molar-refractivity contribution in [1.29, 1.82) is 5.26 Å². The molecular weight excluding hydrogens is 202 g/mol. The van der Waals surface area contributed by atoms with Crippen LogP contribution in [0.15, 0.2) is 18.2 Å². The average molecular weight is 217 g/mol. The minimum atomic E-state index is -0.459. The Kier molecular flexibility index (Phi) is 3.12. The Morgan fingerprint density at radius 1 is 1.56 bits per heavy atom. The number of aliphatic hydroxyl groups is 1. The van der Waals surface area contributed by atoms with Gasteiger partial charge >= 0.3 is 0 Å². The second kappa shape index (κ2) is 4.54. The Hall–Kier alpha value is -1.53. The van der Waals surface area contributed by atoms with E-state index in [-0.39, 0.29) is 6.10 Å². The van der Waals surface area contributed by atoms with Crippen LogP contribution in [0.3, 0.4) is 0 Å². The highest BCUT2D eigenvalue weighted by atomic mass is 16.5. The Morgan fingerprint density at radius 3 is 3.12 bits per heavy atom. The standard InChI is InChI=1S/C13H15NO2/c1-9(8-14)16-11-6-5-10-3-2-4-13(15)12(10)7-11/h5-7,9,13,15H,2-4H2,1H3/t9?,13-/m1/s1. The topological polar surface area (TPSA) is 53.2 Å². The van der Waals surface area contributed by atoms with E-state index in [1.54, 1.807) is 6.92 Å². The van der Waals surface area contributed by atoms with Crippen LogP contribution in [0.25, 0.3) is 0 Å². The molecule has 0 bridgehead atoms. The van der Waals surface area contributed by atoms with E-state index in [4.69, 9.17) is 10.00 Å². The molecule has 0 aromatic heterocycles. The van der Waals surface area contributed by atoms with Gasteiger partial charge in [0.25, 0.3) is 0 Å². The van der Waals surface area contributed by atoms with Gasteiger partial charge in [-0.25, -0.2) is 0 Å². The summed E-state index contributed by atoms with van der Waals surface area (Å²) in [6.07, 6.45) is 2.01. The average Bonchev–Trinajstić information content (AvgIpc) is 2.30. The van der Waals surface area contributed by atoms with E-state index < -0.39 is 6.10 Å². The Balaban J connectivity index is 2.24. The minimum absolute atomic E-state index is 0.385. The second-order valence-corrected chi connectivity index (χ2v) is 4.16. The molecule has 3 heteroatoms. The number of aliphatic hydroxyl groups excluding tert-OH is 1. The summed E-state index contributed by atoms with van der Waals surface area (Å²) in [5, 5.41) is 18.5. The molecule has 2 rings (SSSR count). The molecule has 84 valence electrons. The first kappa shape index (κ1) is 11.0. The third kappa shape index (κ3) is 2.17. The first-order valence-electron chi connectivity index (χ1n) is 5.58. The van der Waals surface area contributed by atoms with E-state index >= 15 is 0 Å². The minimum Gasteiger partial charge on any atom is -0.476 e. The van der Waals surface area contributed by atoms with Crippen molar-refractivity contribution in [3.05, 3.63) is 29.3 Å². The summed E-state index contributed by atoms with van der Waals surface area (Å²) in [5.41, 5.74) is 2.14. The largest absolute Gasteiger partial charge is 0.476 e. The molecule has 0 saturated heterocycles. The van der Waals surface area contributed by atoms with Crippen molar-refractivity contribution in [2.75, 3.05) is 0 Å². The molecule has 0 spiro atoms. The van der Waals surface area contributed by atoms with Gasteiger partial charge in [0.2, 0.25) is 0 Å². The van der Waals surface area contributed by atoms with Crippen LogP contribution in [0.2, 0.25) is 0 Å². The fraction of sp³-hybridized carbons (Fsp3) is 0.462. The molecule has 1 aliphatic rings. The second-order valence-electron chi connectivity index (χ2n) is 4.16. The Bertz CT molecular complexity index is 422. The van der Waals surface area contributed by atoms with Gasteiger partial charge in [-0.05, 0) is 49.4 Å². The zero-order valence-electron chi connectivity index (χ0n) is 9.31. The third-order valence-corrected chi connectivity index (χ3v) is 2.89. The highest BCUT2D eigenvalue weighted by Crippen LogP contribution is 2.32. The van der Waals surface area contributed by atoms with Gasteiger partial charge in [0.15, 0.2) is 6.10 Å². The lowest BCUT2D eigenvalue weighted by Crippen LogP contribution is -2.12. The van der Waals surface area contributed by atoms with Crippen LogP contribution in [-0.4, -0.2) is 11.2 Å². The molecule has 1 aromatic rings. The van der Waals surface area contributed by atoms with Crippen molar-refractivity contribution >= 4 is 0 Å². The van der Waals surface area contributed by atoms with Crippen LogP contribution in [0.4, 0.5) is 0 Å². The van der Waals surface area contributed by atoms with Crippen LogP contribution >= 0.6 is 0 Å². The molecule has 0 saturated carbocycles. The molecule has 1 N–H and O–H groups in total. The molecule has 1 unspecified atom stereocenters. The number of rotatable bonds is 2. The van der Waals surface area contributed by atoms with Crippen LogP contribution in [-0.2, 0) is 6.42 Å². The molecule has 1 aliphatic carbocycles. The van der Waals surface area contributed by atoms with Crippen LogP contribution in [0.1, 0.15) is 37.0 Å². The van der Waals surface area contributed by atoms with E-state index in [2.05, 4.69) is 0 Å². The van der Waals surface area contributed by atoms with E-state index in [1.165, 1.54) is 5.56 Å². The molecule has 16 heavy (non-hydrogen) atoms. The van der Waals surface area contributed by atoms with E-state index in [0.717, 1.165) is 24.8 Å². The number of aryl methyl sites for hydroxylation is 1. The predicted molar refractivity (Wildman–Crippen MR) is 60.0 cm³/mol. The highest BCUT2D eigenvalue weighted by Gasteiger charge is 2.18. The van der Waals surface area contributed by atoms with Crippen molar-refractivity contribution < 1.29 is 9.84 Å². The van der Waals surface area contributed by atoms with Gasteiger partial charge in [0.1, 0.15) is 11.8 Å². The summed E-state index contributed by atoms with van der Waals surface area (Å²) in [7, 11) is 0. The summed E-state index contributed by atoms with van der Waals surface area (Å²) >= 11 is 0. The molecule has 0 heterocycles. The van der Waals surface area contributed by atoms with Crippen LogP contribution in [0.5, 0.6) is 5.75 Å². The normalized spacial score (nSPS) is 20.7. The number of ether oxygens (including phenoxy) is 1. The van der Waals surface area contributed by atoms with Gasteiger partial charge in [-0.1, -0.05) is 6.07 Å². The third-order valence-electron chi connectivity index (χ3n) is 2.89. The molecule has 0 aliphatic heterocycles. The maximum absolute atomic E-state index is 9.86. The first-order valence-corrected chi connectivity index (χ1v) is 5.58. The predicted octanol–water partition coefficient (Wildman–Crippen LogP) is 2.35. The lowest BCUT2D eigenvalue weighted by molar-refractivity contribution is 0.155. The summed E-state index contributed by atoms with van der Waals surface area (Å²) in [4.78, 5) is 0. The summed E-state index contributed by atoms with van der Waals surface area (Å²) in [6, 6.07) is 7.72. The highest BCUT2D eigenvalue weighted by molar-refractivity contribution is 5.38. The summed E-state index contributed by atoms with van der Waals surface area (Å²) in [5.74, 6) is 0.661. The number of benzene rings is 1. The quantitative estimate of drug-likeness (QED) is 0.827. The smallest absolute Gasteiger partial charge is 0.181 e. The molecule has 0 fully saturated rings. The SMILES string of the molecule is CC(C#N)Oc1ccc2c(c1)[C@H](O)CCC2. The van der Waals surface area contributed by atoms with E-state index in [1.807, 2.05) is 24.3 Å². The van der Waals surface area contributed by atoms with Gasteiger partial charge < -0.3 is 9.84 Å². The van der Waals surface area contributed by atoms with Crippen LogP contribution < -0.4 is 4.74 Å². The number of hydrogen-bond acceptors (Lipinski definition) is 3. The van der Waals surface area contributed by atoms with E-state index in [0.29, 0.717) is 5.75 Å². The van der Waals surface area contributed by atoms with Gasteiger partial charge in [0, 0.05) is 0 Å². The van der Waals surface area contributed by atoms with Crippen molar-refractivity contribution in [2.45, 2.75) is 38.4 Å². The zero-order valence-corrected chi connectivity index (χ0v) is 9.31. The monoisotopic (exact) mass is 217 g/mol. The molecule has 2 atom stereocenters. The fourth-order valence-electron chi connectivity index (χ4n) is 2.06. The van der Waals surface area contributed by atoms with Crippen molar-refractivity contribution in [3.63, 3.8) is 0 Å². The maximum atomic E-state index is 9.86. The lowest BCUT2D eigenvalue weighted by Gasteiger charge is -2.22. The van der Waals surface area contributed by atoms with Crippen molar-refractivity contribution in [2.24, 2.45) is 0 Å². The molecular formula is C13H15NO2. The maximum Gasteiger partial charge on any atom is 0.181 e. The van der Waals surface area contributed by atoms with Crippen molar-refractivity contribution in [3.8, 4) is 11.8 Å². The number of hydrogen-bond donors (Lipinski definition) is 1. The van der Waals surface area contributed by atoms with Gasteiger partial charge in [-0.2, -0.15) is 5.26 Å². The number of fused-ring (bicyclic) bond motifs is 1. The van der Waals surface area contributed by atoms with E-state index in [9.17, 15) is 5.11 Å². The fourth-order valence-corrected chi connectivity index (χ4v) is 2.06. The van der Waals surface area contributed by atoms with Gasteiger partial charge in [-0.15, -0.1) is 0 Å². The summed E-state index contributed by atoms with van der Waals surface area (Å²) in [6.45, 7) is 1.70. The molecule has 0 amide bonds. The summed E-state index contributed by atoms with van der Waals surface area (Å²) < 4.78 is 5.41. The number of nitrogens with zero attached hydrogens (tertiary/aromatic N) is 1. The molecule has 1 aromatic carbocycles. The Labute approximate surface area is 95.3 Å². The Morgan fingerprint density at radius 2 is 2.38 bits per heavy atom. The molecule has 3 nitrogen and oxygen atoms in total. The number of nitriles is 1. The lowest BCUT2D eigenvalue weighted by atomic mass is 9.89. The van der Waals surface area contributed by atoms with Gasteiger partial charge in [0.05, 0.1) is 6.10 Å². The van der Waals surface area contributed by atoms with Crippen LogP contribution in [0, 0.1) is 11.3 Å².